The van der Waals surface area contributed by atoms with Gasteiger partial charge in [0.25, 0.3) is 0 Å². The number of nitrogens with one attached hydrogen (secondary N) is 1. The van der Waals surface area contributed by atoms with E-state index in [4.69, 9.17) is 21.7 Å². The molecule has 1 aromatic rings. The van der Waals surface area contributed by atoms with Crippen LogP contribution in [0, 0.1) is 0 Å². The number of anilines is 1. The molecule has 0 aliphatic carbocycles. The summed E-state index contributed by atoms with van der Waals surface area (Å²) in [6.45, 7) is 1.00. The van der Waals surface area contributed by atoms with Gasteiger partial charge in [0.2, 0.25) is 0 Å². The molecule has 1 aromatic carbocycles. The molecule has 5 nitrogen and oxygen atoms in total. The molecule has 1 fully saturated rings. The van der Waals surface area contributed by atoms with Crippen molar-refractivity contribution in [1.29, 1.82) is 0 Å². The van der Waals surface area contributed by atoms with E-state index >= 15 is 0 Å². The maximum absolute atomic E-state index is 9.47. The average molecular weight is 310 g/mol. The monoisotopic (exact) mass is 310 g/mol. The van der Waals surface area contributed by atoms with E-state index in [1.807, 2.05) is 18.2 Å². The van der Waals surface area contributed by atoms with Crippen LogP contribution in [0.3, 0.4) is 0 Å². The second kappa shape index (κ2) is 7.47. The third kappa shape index (κ3) is 3.98. The fourth-order valence-electron chi connectivity index (χ4n) is 2.53. The Morgan fingerprint density at radius 2 is 1.95 bits per heavy atom. The smallest absolute Gasteiger partial charge is 0.173 e. The molecule has 1 aliphatic rings. The lowest BCUT2D eigenvalue weighted by atomic mass is 10.0. The molecule has 0 aromatic heterocycles. The molecule has 0 bridgehead atoms. The Kier molecular flexibility index (Phi) is 5.64. The SMILES string of the molecule is COc1cc(NC(=S)N2CCCC[C@@H]2CO)cc(OC)c1. The van der Waals surface area contributed by atoms with Crippen molar-refractivity contribution < 1.29 is 14.6 Å². The molecule has 2 rings (SSSR count). The van der Waals surface area contributed by atoms with Crippen LogP contribution in [0.15, 0.2) is 18.2 Å². The number of aliphatic hydroxyl groups is 1. The Bertz CT molecular complexity index is 474. The summed E-state index contributed by atoms with van der Waals surface area (Å²) in [5.41, 5.74) is 0.818. The minimum atomic E-state index is 0.103. The molecule has 116 valence electrons. The maximum Gasteiger partial charge on any atom is 0.173 e. The van der Waals surface area contributed by atoms with Gasteiger partial charge >= 0.3 is 0 Å². The van der Waals surface area contributed by atoms with Crippen molar-refractivity contribution in [1.82, 2.24) is 4.90 Å². The maximum atomic E-state index is 9.47. The van der Waals surface area contributed by atoms with E-state index in [1.165, 1.54) is 0 Å². The first-order chi connectivity index (χ1) is 10.2. The van der Waals surface area contributed by atoms with E-state index in [9.17, 15) is 5.11 Å². The average Bonchev–Trinajstić information content (AvgIpc) is 2.54. The van der Waals surface area contributed by atoms with Crippen molar-refractivity contribution in [3.8, 4) is 11.5 Å². The van der Waals surface area contributed by atoms with Crippen molar-refractivity contribution in [2.45, 2.75) is 25.3 Å². The zero-order valence-corrected chi connectivity index (χ0v) is 13.3. The molecule has 1 aliphatic heterocycles. The summed E-state index contributed by atoms with van der Waals surface area (Å²) in [7, 11) is 3.23. The molecular formula is C15H22N2O3S. The molecule has 21 heavy (non-hydrogen) atoms. The van der Waals surface area contributed by atoms with Crippen molar-refractivity contribution in [3.63, 3.8) is 0 Å². The predicted molar refractivity (Wildman–Crippen MR) is 87.2 cm³/mol. The molecule has 0 radical (unpaired) electrons. The van der Waals surface area contributed by atoms with Gasteiger partial charge in [-0.3, -0.25) is 0 Å². The summed E-state index contributed by atoms with van der Waals surface area (Å²) in [5.74, 6) is 1.41. The molecule has 1 saturated heterocycles. The zero-order valence-electron chi connectivity index (χ0n) is 12.5. The van der Waals surface area contributed by atoms with Crippen LogP contribution in [-0.4, -0.2) is 48.5 Å². The number of nitrogens with zero attached hydrogens (tertiary/aromatic N) is 1. The van der Waals surface area contributed by atoms with Crippen LogP contribution in [-0.2, 0) is 0 Å². The van der Waals surface area contributed by atoms with Gasteiger partial charge in [-0.05, 0) is 31.5 Å². The standard InChI is InChI=1S/C15H22N2O3S/c1-19-13-7-11(8-14(9-13)20-2)16-15(21)17-6-4-3-5-12(17)10-18/h7-9,12,18H,3-6,10H2,1-2H3,(H,16,21)/t12-/m1/s1. The number of thiocarbonyl (C=S) groups is 1. The van der Waals surface area contributed by atoms with E-state index in [0.717, 1.165) is 31.5 Å². The highest BCUT2D eigenvalue weighted by Gasteiger charge is 2.23. The molecule has 6 heteroatoms. The third-order valence-corrected chi connectivity index (χ3v) is 4.04. The van der Waals surface area contributed by atoms with Gasteiger partial charge in [0.05, 0.1) is 26.9 Å². The van der Waals surface area contributed by atoms with Gasteiger partial charge in [-0.1, -0.05) is 0 Å². The van der Waals surface area contributed by atoms with Gasteiger partial charge in [0.15, 0.2) is 5.11 Å². The Labute approximate surface area is 130 Å². The fourth-order valence-corrected chi connectivity index (χ4v) is 2.89. The number of benzene rings is 1. The molecule has 1 atom stereocenters. The van der Waals surface area contributed by atoms with Crippen molar-refractivity contribution in [3.05, 3.63) is 18.2 Å². The third-order valence-electron chi connectivity index (χ3n) is 3.70. The van der Waals surface area contributed by atoms with E-state index in [2.05, 4.69) is 10.2 Å². The Morgan fingerprint density at radius 3 is 2.52 bits per heavy atom. The Morgan fingerprint density at radius 1 is 1.29 bits per heavy atom. The number of likely N-dealkylation sites (tertiary alicyclic amines) is 1. The van der Waals surface area contributed by atoms with E-state index in [0.29, 0.717) is 16.6 Å². The highest BCUT2D eigenvalue weighted by molar-refractivity contribution is 7.80. The summed E-state index contributed by atoms with van der Waals surface area (Å²) in [4.78, 5) is 2.06. The first-order valence-corrected chi connectivity index (χ1v) is 7.50. The summed E-state index contributed by atoms with van der Waals surface area (Å²) in [5, 5.41) is 13.3. The highest BCUT2D eigenvalue weighted by Crippen LogP contribution is 2.26. The topological polar surface area (TPSA) is 54.0 Å². The number of methoxy groups -OCH3 is 2. The van der Waals surface area contributed by atoms with Crippen LogP contribution in [0.4, 0.5) is 5.69 Å². The van der Waals surface area contributed by atoms with E-state index in [1.54, 1.807) is 14.2 Å². The first-order valence-electron chi connectivity index (χ1n) is 7.09. The number of hydrogen-bond acceptors (Lipinski definition) is 4. The molecule has 0 saturated carbocycles. The van der Waals surface area contributed by atoms with Crippen LogP contribution in [0.1, 0.15) is 19.3 Å². The zero-order chi connectivity index (χ0) is 15.2. The molecule has 0 unspecified atom stereocenters. The van der Waals surface area contributed by atoms with Crippen LogP contribution in [0.25, 0.3) is 0 Å². The highest BCUT2D eigenvalue weighted by atomic mass is 32.1. The second-order valence-corrected chi connectivity index (χ2v) is 5.44. The Hall–Kier alpha value is -1.53. The lowest BCUT2D eigenvalue weighted by Crippen LogP contribution is -2.47. The van der Waals surface area contributed by atoms with Crippen molar-refractivity contribution in [2.24, 2.45) is 0 Å². The predicted octanol–water partition coefficient (Wildman–Crippen LogP) is 2.25. The van der Waals surface area contributed by atoms with Gasteiger partial charge in [-0.15, -0.1) is 0 Å². The molecule has 0 spiro atoms. The van der Waals surface area contributed by atoms with Crippen LogP contribution < -0.4 is 14.8 Å². The molecule has 2 N–H and O–H groups in total. The van der Waals surface area contributed by atoms with Gasteiger partial charge in [-0.25, -0.2) is 0 Å². The van der Waals surface area contributed by atoms with Gasteiger partial charge in [0, 0.05) is 30.4 Å². The number of rotatable bonds is 4. The van der Waals surface area contributed by atoms with Crippen molar-refractivity contribution in [2.75, 3.05) is 32.7 Å². The summed E-state index contributed by atoms with van der Waals surface area (Å²) >= 11 is 5.48. The van der Waals surface area contributed by atoms with Gasteiger partial charge in [-0.2, -0.15) is 0 Å². The normalized spacial score (nSPS) is 18.2. The molecular weight excluding hydrogens is 288 g/mol. The number of hydrogen-bond donors (Lipinski definition) is 2. The second-order valence-electron chi connectivity index (χ2n) is 5.06. The first kappa shape index (κ1) is 15.9. The minimum absolute atomic E-state index is 0.103. The fraction of sp³-hybridized carbons (Fsp3) is 0.533. The molecule has 0 amide bonds. The van der Waals surface area contributed by atoms with Crippen LogP contribution in [0.5, 0.6) is 11.5 Å². The van der Waals surface area contributed by atoms with E-state index < -0.39 is 0 Å². The number of piperidine rings is 1. The van der Waals surface area contributed by atoms with Gasteiger partial charge in [0.1, 0.15) is 11.5 Å². The lowest BCUT2D eigenvalue weighted by Gasteiger charge is -2.36. The molecule has 1 heterocycles. The van der Waals surface area contributed by atoms with Gasteiger partial charge < -0.3 is 24.8 Å². The largest absolute Gasteiger partial charge is 0.497 e. The van der Waals surface area contributed by atoms with Crippen LogP contribution >= 0.6 is 12.2 Å². The quantitative estimate of drug-likeness (QED) is 0.832. The number of ether oxygens (including phenoxy) is 2. The summed E-state index contributed by atoms with van der Waals surface area (Å²) < 4.78 is 10.5. The lowest BCUT2D eigenvalue weighted by molar-refractivity contribution is 0.149. The summed E-state index contributed by atoms with van der Waals surface area (Å²) in [6.07, 6.45) is 3.21. The van der Waals surface area contributed by atoms with E-state index in [-0.39, 0.29) is 12.6 Å². The summed E-state index contributed by atoms with van der Waals surface area (Å²) in [6, 6.07) is 5.65. The number of aliphatic hydroxyl groups excluding tert-OH is 1. The van der Waals surface area contributed by atoms with Crippen LogP contribution in [0.2, 0.25) is 0 Å². The Balaban J connectivity index is 2.11. The minimum Gasteiger partial charge on any atom is -0.497 e. The van der Waals surface area contributed by atoms with Crippen molar-refractivity contribution >= 4 is 23.0 Å².